The third-order valence-corrected chi connectivity index (χ3v) is 1.57. The van der Waals surface area contributed by atoms with E-state index in [1.807, 2.05) is 13.8 Å². The van der Waals surface area contributed by atoms with Gasteiger partial charge in [-0.25, -0.2) is 0 Å². The maximum atomic E-state index is 8.91. The molecule has 0 saturated heterocycles. The average Bonchev–Trinajstić information content (AvgIpc) is 2.26. The predicted octanol–water partition coefficient (Wildman–Crippen LogP) is 4.23. The summed E-state index contributed by atoms with van der Waals surface area (Å²) in [6.45, 7) is 8.25. The minimum atomic E-state index is 0.0359. The van der Waals surface area contributed by atoms with Gasteiger partial charge in [0, 0.05) is 0 Å². The molecule has 0 aromatic heterocycles. The first-order valence-corrected chi connectivity index (χ1v) is 6.10. The second kappa shape index (κ2) is 23.1. The van der Waals surface area contributed by atoms with Crippen LogP contribution in [-0.4, -0.2) is 11.2 Å². The van der Waals surface area contributed by atoms with E-state index in [0.29, 0.717) is 0 Å². The largest absolute Gasteiger partial charge is 0.393 e. The van der Waals surface area contributed by atoms with Crippen molar-refractivity contribution in [3.05, 3.63) is 0 Å². The van der Waals surface area contributed by atoms with Crippen LogP contribution >= 0.6 is 9.12 Å². The summed E-state index contributed by atoms with van der Waals surface area (Å²) in [7, 11) is 1.72. The fourth-order valence-corrected chi connectivity index (χ4v) is 1.08. The molecule has 1 aliphatic rings. The van der Waals surface area contributed by atoms with Gasteiger partial charge < -0.3 is 5.11 Å². The molecule has 0 spiro atoms. The Balaban J connectivity index is -0.000000148. The van der Waals surface area contributed by atoms with Gasteiger partial charge in [0.2, 0.25) is 0 Å². The molecule has 0 unspecified atom stereocenters. The Morgan fingerprint density at radius 1 is 1.07 bits per heavy atom. The van der Waals surface area contributed by atoms with Gasteiger partial charge in [0.15, 0.2) is 0 Å². The van der Waals surface area contributed by atoms with Crippen molar-refractivity contribution < 1.29 is 9.67 Å². The molecular weight excluding hydrogens is 195 g/mol. The van der Waals surface area contributed by atoms with Crippen molar-refractivity contribution in [2.75, 3.05) is 0 Å². The van der Waals surface area contributed by atoms with Gasteiger partial charge >= 0.3 is 0 Å². The first-order chi connectivity index (χ1) is 6.81. The van der Waals surface area contributed by atoms with Gasteiger partial charge in [0.25, 0.3) is 0 Å². The molecule has 0 aromatic rings. The zero-order chi connectivity index (χ0) is 11.8. The number of aliphatic hydroxyl groups excluding tert-OH is 1. The molecule has 0 aromatic carbocycles. The van der Waals surface area contributed by atoms with Crippen LogP contribution in [0.5, 0.6) is 0 Å². The average molecular weight is 222 g/mol. The molecule has 1 fully saturated rings. The summed E-state index contributed by atoms with van der Waals surface area (Å²) < 4.78 is 8.06. The highest BCUT2D eigenvalue weighted by Crippen LogP contribution is 2.16. The van der Waals surface area contributed by atoms with Crippen LogP contribution in [0.3, 0.4) is 0 Å². The Hall–Kier alpha value is 0.0600. The molecule has 1 N–H and O–H groups in total. The predicted molar refractivity (Wildman–Crippen MR) is 65.4 cm³/mol. The fourth-order valence-electron chi connectivity index (χ4n) is 1.08. The molecule has 1 saturated carbocycles. The maximum Gasteiger partial charge on any atom is 0.138 e. The molecule has 1 aliphatic carbocycles. The molecule has 3 heteroatoms. The molecule has 0 bridgehead atoms. The van der Waals surface area contributed by atoms with Gasteiger partial charge in [0.1, 0.15) is 9.12 Å². The van der Waals surface area contributed by atoms with Gasteiger partial charge in [0.05, 0.1) is 6.10 Å². The van der Waals surface area contributed by atoms with E-state index in [2.05, 4.69) is 13.8 Å². The molecule has 88 valence electrons. The first-order valence-electron chi connectivity index (χ1n) is 5.69. The van der Waals surface area contributed by atoms with Crippen molar-refractivity contribution in [2.45, 2.75) is 72.3 Å². The minimum Gasteiger partial charge on any atom is -0.393 e. The lowest BCUT2D eigenvalue weighted by Crippen LogP contribution is -2.09. The molecular formula is C11H27O2P. The van der Waals surface area contributed by atoms with Gasteiger partial charge in [-0.2, -0.15) is 0 Å². The van der Waals surface area contributed by atoms with Crippen molar-refractivity contribution in [3.63, 3.8) is 0 Å². The van der Waals surface area contributed by atoms with Crippen LogP contribution in [0.15, 0.2) is 0 Å². The summed E-state index contributed by atoms with van der Waals surface area (Å²) in [4.78, 5) is 0. The van der Waals surface area contributed by atoms with E-state index in [-0.39, 0.29) is 6.10 Å². The van der Waals surface area contributed by atoms with Crippen molar-refractivity contribution in [3.8, 4) is 0 Å². The van der Waals surface area contributed by atoms with Crippen molar-refractivity contribution in [1.29, 1.82) is 0 Å². The zero-order valence-electron chi connectivity index (χ0n) is 10.2. The van der Waals surface area contributed by atoms with Crippen LogP contribution in [0.4, 0.5) is 0 Å². The van der Waals surface area contributed by atoms with Crippen LogP contribution in [0, 0.1) is 0 Å². The molecule has 0 amide bonds. The molecule has 0 radical (unpaired) electrons. The van der Waals surface area contributed by atoms with E-state index in [1.54, 1.807) is 9.12 Å². The molecule has 2 nitrogen and oxygen atoms in total. The Labute approximate surface area is 91.7 Å². The van der Waals surface area contributed by atoms with Gasteiger partial charge in [-0.05, 0) is 12.8 Å². The third kappa shape index (κ3) is 22.7. The quantitative estimate of drug-likeness (QED) is 0.623. The summed E-state index contributed by atoms with van der Waals surface area (Å²) in [5.41, 5.74) is 0. The van der Waals surface area contributed by atoms with E-state index >= 15 is 0 Å². The summed E-state index contributed by atoms with van der Waals surface area (Å²) in [6, 6.07) is 0. The number of rotatable bonds is 0. The summed E-state index contributed by atoms with van der Waals surface area (Å²) in [6.07, 6.45) is 7.17. The Morgan fingerprint density at radius 3 is 1.50 bits per heavy atom. The summed E-state index contributed by atoms with van der Waals surface area (Å²) >= 11 is 0. The van der Waals surface area contributed by atoms with Gasteiger partial charge in [-0.1, -0.05) is 53.4 Å². The highest BCUT2D eigenvalue weighted by atomic mass is 31.0. The normalized spacial score (nSPS) is 14.6. The Morgan fingerprint density at radius 2 is 1.36 bits per heavy atom. The number of hydrogen-bond donors (Lipinski definition) is 1. The van der Waals surface area contributed by atoms with Crippen LogP contribution < -0.4 is 0 Å². The third-order valence-electron chi connectivity index (χ3n) is 1.57. The van der Waals surface area contributed by atoms with Crippen molar-refractivity contribution in [1.82, 2.24) is 0 Å². The van der Waals surface area contributed by atoms with Crippen LogP contribution in [0.2, 0.25) is 0 Å². The van der Waals surface area contributed by atoms with E-state index in [1.165, 1.54) is 25.7 Å². The van der Waals surface area contributed by atoms with Crippen LogP contribution in [0.25, 0.3) is 0 Å². The summed E-state index contributed by atoms with van der Waals surface area (Å²) in [5.74, 6) is 0. The van der Waals surface area contributed by atoms with Crippen molar-refractivity contribution >= 4 is 9.12 Å². The second-order valence-electron chi connectivity index (χ2n) is 3.00. The van der Waals surface area contributed by atoms with Gasteiger partial charge in [-0.3, -0.25) is 4.57 Å². The fraction of sp³-hybridized carbons (Fsp3) is 1.00. The summed E-state index contributed by atoms with van der Waals surface area (Å²) in [5, 5.41) is 8.91. The minimum absolute atomic E-state index is 0.0359. The van der Waals surface area contributed by atoms with Crippen LogP contribution in [-0.2, 0) is 4.57 Å². The second-order valence-corrected chi connectivity index (χ2v) is 3.00. The zero-order valence-corrected chi connectivity index (χ0v) is 11.2. The molecule has 0 heterocycles. The number of aliphatic hydroxyl groups is 1. The highest BCUT2D eigenvalue weighted by Gasteiger charge is 2.07. The maximum absolute atomic E-state index is 8.91. The van der Waals surface area contributed by atoms with Gasteiger partial charge in [-0.15, -0.1) is 0 Å². The molecule has 0 aliphatic heterocycles. The first kappa shape index (κ1) is 19.6. The molecule has 1 rings (SSSR count). The lowest BCUT2D eigenvalue weighted by Gasteiger charge is -2.14. The lowest BCUT2D eigenvalue weighted by atomic mass is 9.98. The Bertz CT molecular complexity index is 73.7. The van der Waals surface area contributed by atoms with E-state index < -0.39 is 0 Å². The van der Waals surface area contributed by atoms with E-state index in [0.717, 1.165) is 12.8 Å². The number of hydrogen-bond acceptors (Lipinski definition) is 2. The molecule has 14 heavy (non-hydrogen) atoms. The SMILES string of the molecule is CC.CCC.O=P.OC1CCCCC1. The lowest BCUT2D eigenvalue weighted by molar-refractivity contribution is 0.130. The van der Waals surface area contributed by atoms with E-state index in [9.17, 15) is 0 Å². The van der Waals surface area contributed by atoms with Crippen molar-refractivity contribution in [2.24, 2.45) is 0 Å². The highest BCUT2D eigenvalue weighted by molar-refractivity contribution is 7.00. The Kier molecular flexibility index (Phi) is 32.4. The van der Waals surface area contributed by atoms with Crippen LogP contribution in [0.1, 0.15) is 66.2 Å². The smallest absolute Gasteiger partial charge is 0.138 e. The molecule has 0 atom stereocenters. The standard InChI is InChI=1S/C6H12O.C3H8.C2H6.HOP/c7-6-4-2-1-3-5-6;1-3-2;2*1-2/h6-7H,1-5H2;3H2,1-2H3;1-2H3;2H. The topological polar surface area (TPSA) is 37.3 Å². The monoisotopic (exact) mass is 222 g/mol. The van der Waals surface area contributed by atoms with E-state index in [4.69, 9.17) is 9.67 Å².